The zero-order valence-corrected chi connectivity index (χ0v) is 11.1. The summed E-state index contributed by atoms with van der Waals surface area (Å²) in [7, 11) is 0. The summed E-state index contributed by atoms with van der Waals surface area (Å²) in [6.07, 6.45) is 4.03. The van der Waals surface area contributed by atoms with E-state index in [1.807, 2.05) is 48.4 Å². The lowest BCUT2D eigenvalue weighted by atomic mass is 9.97. The number of hydrogen-bond donors (Lipinski definition) is 0. The monoisotopic (exact) mass is 275 g/mol. The molecule has 1 heterocycles. The number of benzene rings is 1. The third-order valence-electron chi connectivity index (χ3n) is 2.74. The van der Waals surface area contributed by atoms with Crippen molar-refractivity contribution < 1.29 is 0 Å². The maximum atomic E-state index is 6.07. The van der Waals surface area contributed by atoms with E-state index < -0.39 is 3.79 Å². The molecule has 1 nitrogen and oxygen atoms in total. The lowest BCUT2D eigenvalue weighted by Crippen LogP contribution is -2.35. The highest BCUT2D eigenvalue weighted by molar-refractivity contribution is 6.68. The summed E-state index contributed by atoms with van der Waals surface area (Å²) in [5, 5.41) is 0. The number of rotatable bonds is 1. The molecule has 1 unspecified atom stereocenters. The van der Waals surface area contributed by atoms with Gasteiger partial charge < -0.3 is 4.90 Å². The Labute approximate surface area is 111 Å². The Bertz CT molecular complexity index is 409. The smallest absolute Gasteiger partial charge is 0.214 e. The quantitative estimate of drug-likeness (QED) is 0.687. The Hall–Kier alpha value is -0.370. The molecule has 2 rings (SSSR count). The van der Waals surface area contributed by atoms with Crippen LogP contribution in [0.2, 0.25) is 0 Å². The molecule has 1 aromatic carbocycles. The van der Waals surface area contributed by atoms with Gasteiger partial charge in [0, 0.05) is 12.7 Å². The summed E-state index contributed by atoms with van der Waals surface area (Å²) >= 11 is 18.2. The van der Waals surface area contributed by atoms with Gasteiger partial charge in [-0.1, -0.05) is 59.1 Å². The Morgan fingerprint density at radius 3 is 2.56 bits per heavy atom. The Morgan fingerprint density at radius 2 is 1.94 bits per heavy atom. The minimum atomic E-state index is -1.32. The third-order valence-corrected chi connectivity index (χ3v) is 3.36. The molecule has 0 saturated carbocycles. The van der Waals surface area contributed by atoms with Gasteiger partial charge in [0.25, 0.3) is 0 Å². The van der Waals surface area contributed by atoms with Crippen LogP contribution >= 0.6 is 34.8 Å². The fourth-order valence-electron chi connectivity index (χ4n) is 2.00. The average Bonchev–Trinajstić information content (AvgIpc) is 2.26. The number of alkyl halides is 3. The van der Waals surface area contributed by atoms with Crippen molar-refractivity contribution in [2.45, 2.75) is 16.8 Å². The third kappa shape index (κ3) is 2.17. The average molecular weight is 277 g/mol. The molecule has 16 heavy (non-hydrogen) atoms. The minimum absolute atomic E-state index is 0.219. The molecule has 0 bridgehead atoms. The second-order valence-electron chi connectivity index (χ2n) is 3.72. The van der Waals surface area contributed by atoms with Crippen molar-refractivity contribution in [3.05, 3.63) is 41.6 Å². The lowest BCUT2D eigenvalue weighted by molar-refractivity contribution is 0.293. The van der Waals surface area contributed by atoms with E-state index in [9.17, 15) is 0 Å². The number of hydrogen-bond acceptors (Lipinski definition) is 1. The van der Waals surface area contributed by atoms with Gasteiger partial charge in [-0.25, -0.2) is 0 Å². The number of nitrogens with zero attached hydrogens (tertiary/aromatic N) is 1. The molecule has 0 fully saturated rings. The molecule has 0 radical (unpaired) electrons. The summed E-state index contributed by atoms with van der Waals surface area (Å²) in [6, 6.07) is 7.77. The molecular weight excluding hydrogens is 264 g/mol. The fraction of sp³-hybridized carbons (Fsp3) is 0.333. The molecule has 0 aromatic heterocycles. The zero-order chi connectivity index (χ0) is 11.8. The molecule has 1 atom stereocenters. The van der Waals surface area contributed by atoms with Gasteiger partial charge in [-0.2, -0.15) is 0 Å². The molecule has 0 amide bonds. The summed E-state index contributed by atoms with van der Waals surface area (Å²) in [5.74, 6) is 0. The minimum Gasteiger partial charge on any atom is -0.366 e. The van der Waals surface area contributed by atoms with Gasteiger partial charge in [-0.15, -0.1) is 0 Å². The van der Waals surface area contributed by atoms with E-state index in [-0.39, 0.29) is 6.04 Å². The van der Waals surface area contributed by atoms with Crippen LogP contribution in [-0.2, 0) is 0 Å². The van der Waals surface area contributed by atoms with E-state index in [1.54, 1.807) is 0 Å². The highest BCUT2D eigenvalue weighted by Gasteiger charge is 2.39. The maximum Gasteiger partial charge on any atom is 0.214 e. The summed E-state index contributed by atoms with van der Waals surface area (Å²) < 4.78 is -1.32. The molecule has 86 valence electrons. The second kappa shape index (κ2) is 4.48. The Morgan fingerprint density at radius 1 is 1.25 bits per heavy atom. The van der Waals surface area contributed by atoms with E-state index >= 15 is 0 Å². The fourth-order valence-corrected chi connectivity index (χ4v) is 2.73. The molecule has 0 aliphatic carbocycles. The van der Waals surface area contributed by atoms with Crippen molar-refractivity contribution in [3.8, 4) is 0 Å². The van der Waals surface area contributed by atoms with E-state index in [0.29, 0.717) is 0 Å². The van der Waals surface area contributed by atoms with Crippen LogP contribution in [0.5, 0.6) is 0 Å². The summed E-state index contributed by atoms with van der Waals surface area (Å²) in [4.78, 5) is 2.04. The number of fused-ring (bicyclic) bond motifs is 1. The van der Waals surface area contributed by atoms with E-state index in [4.69, 9.17) is 34.8 Å². The van der Waals surface area contributed by atoms with Gasteiger partial charge >= 0.3 is 0 Å². The first kappa shape index (κ1) is 12.1. The second-order valence-corrected chi connectivity index (χ2v) is 6.09. The van der Waals surface area contributed by atoms with Crippen LogP contribution in [0.4, 0.5) is 0 Å². The van der Waals surface area contributed by atoms with Crippen LogP contribution in [-0.4, -0.2) is 15.2 Å². The van der Waals surface area contributed by atoms with Crippen molar-refractivity contribution in [2.75, 3.05) is 6.54 Å². The summed E-state index contributed by atoms with van der Waals surface area (Å²) in [5.41, 5.74) is 2.18. The van der Waals surface area contributed by atoms with Crippen molar-refractivity contribution in [3.63, 3.8) is 0 Å². The zero-order valence-electron chi connectivity index (χ0n) is 8.83. The van der Waals surface area contributed by atoms with Crippen molar-refractivity contribution in [1.82, 2.24) is 4.90 Å². The Kier molecular flexibility index (Phi) is 3.39. The van der Waals surface area contributed by atoms with Crippen LogP contribution < -0.4 is 0 Å². The van der Waals surface area contributed by atoms with Gasteiger partial charge in [0.2, 0.25) is 3.79 Å². The van der Waals surface area contributed by atoms with Crippen molar-refractivity contribution in [2.24, 2.45) is 0 Å². The van der Waals surface area contributed by atoms with E-state index in [1.165, 1.54) is 0 Å². The van der Waals surface area contributed by atoms with Gasteiger partial charge in [-0.3, -0.25) is 0 Å². The largest absolute Gasteiger partial charge is 0.366 e. The van der Waals surface area contributed by atoms with Gasteiger partial charge in [-0.05, 0) is 24.1 Å². The standard InChI is InChI=1S/C12H12Cl3N/c1-2-16-8-7-9-5-3-4-6-10(9)11(16)12(13,14)15/h3-8,11H,2H2,1H3. The van der Waals surface area contributed by atoms with Gasteiger partial charge in [0.15, 0.2) is 0 Å². The predicted molar refractivity (Wildman–Crippen MR) is 70.9 cm³/mol. The van der Waals surface area contributed by atoms with E-state index in [0.717, 1.165) is 17.7 Å². The van der Waals surface area contributed by atoms with Crippen LogP contribution in [0.15, 0.2) is 30.5 Å². The molecule has 4 heteroatoms. The molecular formula is C12H12Cl3N. The molecule has 0 N–H and O–H groups in total. The van der Waals surface area contributed by atoms with Gasteiger partial charge in [0.05, 0.1) is 0 Å². The highest BCUT2D eigenvalue weighted by Crippen LogP contribution is 2.46. The van der Waals surface area contributed by atoms with Crippen LogP contribution in [0, 0.1) is 0 Å². The number of halogens is 3. The molecule has 0 saturated heterocycles. The maximum absolute atomic E-state index is 6.07. The molecule has 1 aliphatic heterocycles. The molecule has 0 spiro atoms. The van der Waals surface area contributed by atoms with Gasteiger partial charge in [0.1, 0.15) is 6.04 Å². The van der Waals surface area contributed by atoms with Crippen LogP contribution in [0.3, 0.4) is 0 Å². The topological polar surface area (TPSA) is 3.24 Å². The normalized spacial score (nSPS) is 19.8. The predicted octanol–water partition coefficient (Wildman–Crippen LogP) is 4.40. The SMILES string of the molecule is CCN1C=Cc2ccccc2C1C(Cl)(Cl)Cl. The van der Waals surface area contributed by atoms with Crippen LogP contribution in [0.1, 0.15) is 24.1 Å². The molecule has 1 aliphatic rings. The van der Waals surface area contributed by atoms with Crippen LogP contribution in [0.25, 0.3) is 6.08 Å². The van der Waals surface area contributed by atoms with Crippen molar-refractivity contribution >= 4 is 40.9 Å². The summed E-state index contributed by atoms with van der Waals surface area (Å²) in [6.45, 7) is 2.85. The lowest BCUT2D eigenvalue weighted by Gasteiger charge is -2.38. The Balaban J connectivity index is 2.50. The highest BCUT2D eigenvalue weighted by atomic mass is 35.6. The van der Waals surface area contributed by atoms with Crippen molar-refractivity contribution in [1.29, 1.82) is 0 Å². The molecule has 1 aromatic rings. The first-order valence-electron chi connectivity index (χ1n) is 5.13. The van der Waals surface area contributed by atoms with E-state index in [2.05, 4.69) is 0 Å². The first-order chi connectivity index (χ1) is 7.54. The first-order valence-corrected chi connectivity index (χ1v) is 6.27.